The van der Waals surface area contributed by atoms with E-state index in [0.29, 0.717) is 39.0 Å². The van der Waals surface area contributed by atoms with Crippen LogP contribution in [0.2, 0.25) is 10.0 Å². The number of hydrogen-bond acceptors (Lipinski definition) is 13. The number of aromatic nitrogens is 1. The molecule has 4 N–H and O–H groups in total. The van der Waals surface area contributed by atoms with Crippen molar-refractivity contribution >= 4 is 68.5 Å². The van der Waals surface area contributed by atoms with Crippen LogP contribution in [0.4, 0.5) is 22.9 Å². The second kappa shape index (κ2) is 19.5. The molecule has 15 nitrogen and oxygen atoms in total. The van der Waals surface area contributed by atoms with E-state index in [1.54, 1.807) is 12.1 Å². The Morgan fingerprint density at radius 3 is 2.54 bits per heavy atom. The molecule has 1 aromatic heterocycles. The topological polar surface area (TPSA) is 178 Å². The molecule has 1 amide bonds. The van der Waals surface area contributed by atoms with E-state index < -0.39 is 21.8 Å². The minimum atomic E-state index is -2.17. The number of halogens is 2. The van der Waals surface area contributed by atoms with Crippen molar-refractivity contribution in [2.24, 2.45) is 5.41 Å². The highest BCUT2D eigenvalue weighted by molar-refractivity contribution is 7.83. The Morgan fingerprint density at radius 2 is 1.83 bits per heavy atom. The van der Waals surface area contributed by atoms with Gasteiger partial charge in [0, 0.05) is 81.3 Å². The third-order valence-corrected chi connectivity index (χ3v) is 13.8. The first-order chi connectivity index (χ1) is 30.3. The van der Waals surface area contributed by atoms with Gasteiger partial charge in [0.15, 0.2) is 11.0 Å². The average Bonchev–Trinajstić information content (AvgIpc) is 3.24. The maximum Gasteiger partial charge on any atom is 0.293 e. The molecule has 3 fully saturated rings. The number of hydrogen-bond donors (Lipinski definition) is 3. The van der Waals surface area contributed by atoms with E-state index in [9.17, 15) is 19.1 Å². The van der Waals surface area contributed by atoms with Crippen LogP contribution in [0.15, 0.2) is 83.4 Å². The van der Waals surface area contributed by atoms with Gasteiger partial charge in [0.25, 0.3) is 11.6 Å². The number of amides is 1. The van der Waals surface area contributed by atoms with Crippen LogP contribution in [0, 0.1) is 15.5 Å². The van der Waals surface area contributed by atoms with Crippen LogP contribution < -0.4 is 25.4 Å². The zero-order chi connectivity index (χ0) is 44.3. The van der Waals surface area contributed by atoms with Gasteiger partial charge in [-0.25, -0.2) is 9.19 Å². The summed E-state index contributed by atoms with van der Waals surface area (Å²) < 4.78 is 33.6. The fourth-order valence-electron chi connectivity index (χ4n) is 8.47. The summed E-state index contributed by atoms with van der Waals surface area (Å²) >= 11 is 12.5. The number of ether oxygens (including phenoxy) is 3. The van der Waals surface area contributed by atoms with Gasteiger partial charge in [0.05, 0.1) is 58.6 Å². The van der Waals surface area contributed by atoms with Crippen LogP contribution in [-0.4, -0.2) is 114 Å². The summed E-state index contributed by atoms with van der Waals surface area (Å²) in [5, 5.41) is 16.2. The highest BCUT2D eigenvalue weighted by Gasteiger charge is 2.32. The Hall–Kier alpha value is -4.81. The first kappa shape index (κ1) is 44.8. The van der Waals surface area contributed by atoms with Crippen LogP contribution in [0.25, 0.3) is 5.57 Å². The molecule has 2 atom stereocenters. The van der Waals surface area contributed by atoms with Crippen LogP contribution in [-0.2, 0) is 20.5 Å². The van der Waals surface area contributed by atoms with Crippen molar-refractivity contribution in [2.45, 2.75) is 50.2 Å². The van der Waals surface area contributed by atoms with Crippen molar-refractivity contribution in [1.82, 2.24) is 19.5 Å². The predicted molar refractivity (Wildman–Crippen MR) is 246 cm³/mol. The molecule has 3 aliphatic heterocycles. The number of piperazine rings is 1. The lowest BCUT2D eigenvalue weighted by Crippen LogP contribution is -2.56. The summed E-state index contributed by atoms with van der Waals surface area (Å²) in [4.78, 5) is 36.7. The van der Waals surface area contributed by atoms with Crippen molar-refractivity contribution in [1.29, 1.82) is 0 Å². The largest absolute Gasteiger partial charge is 0.455 e. The number of nitro benzene ring substituents is 1. The Labute approximate surface area is 379 Å². The molecule has 0 saturated carbocycles. The zero-order valence-corrected chi connectivity index (χ0v) is 37.6. The van der Waals surface area contributed by atoms with E-state index in [1.807, 2.05) is 18.2 Å². The summed E-state index contributed by atoms with van der Waals surface area (Å²) in [6.07, 6.45) is 4.44. The zero-order valence-electron chi connectivity index (χ0n) is 35.3. The smallest absolute Gasteiger partial charge is 0.293 e. The summed E-state index contributed by atoms with van der Waals surface area (Å²) in [7, 11) is -2.17. The summed E-state index contributed by atoms with van der Waals surface area (Å²) in [5.74, 6) is -0.168. The lowest BCUT2D eigenvalue weighted by Gasteiger charge is -2.42. The lowest BCUT2D eigenvalue weighted by atomic mass is 9.72. The second-order valence-electron chi connectivity index (χ2n) is 17.2. The number of nitrogens with two attached hydrogens (primary N) is 1. The summed E-state index contributed by atoms with van der Waals surface area (Å²) in [6, 6.07) is 19.4. The lowest BCUT2D eigenvalue weighted by molar-refractivity contribution is -0.384. The number of carbonyl (C=O) groups excluding carboxylic acids is 1. The van der Waals surface area contributed by atoms with Crippen LogP contribution in [0.1, 0.15) is 49.0 Å². The SMILES string of the molecule is CC1(C)CCC(CN2CCN(c3ccc(C(=O)NS(=O)c4ccc(NCC5CN(C6COC6)CCO5)c([N+](=O)[O-])c4)c(Oc4cnc(N)c(Cl)c4)c3)CC2)=C(c2ccc(Cl)cc2)C1. The minimum Gasteiger partial charge on any atom is -0.455 e. The minimum absolute atomic E-state index is 0.0464. The van der Waals surface area contributed by atoms with E-state index in [1.165, 1.54) is 47.2 Å². The molecular weight excluding hydrogens is 868 g/mol. The Balaban J connectivity index is 0.954. The van der Waals surface area contributed by atoms with E-state index in [-0.39, 0.29) is 55.7 Å². The molecule has 4 aromatic rings. The van der Waals surface area contributed by atoms with Crippen molar-refractivity contribution < 1.29 is 28.1 Å². The number of allylic oxidation sites excluding steroid dienone is 1. The second-order valence-corrected chi connectivity index (χ2v) is 19.3. The van der Waals surface area contributed by atoms with Gasteiger partial charge in [-0.2, -0.15) is 0 Å². The van der Waals surface area contributed by atoms with Gasteiger partial charge in [-0.3, -0.25) is 29.4 Å². The molecule has 0 radical (unpaired) electrons. The fourth-order valence-corrected chi connectivity index (χ4v) is 9.56. The number of benzene rings is 3. The molecule has 3 aromatic carbocycles. The van der Waals surface area contributed by atoms with Crippen molar-refractivity contribution in [3.63, 3.8) is 0 Å². The number of nitrogens with zero attached hydrogens (tertiary/aromatic N) is 5. The predicted octanol–water partition coefficient (Wildman–Crippen LogP) is 7.42. The fraction of sp³-hybridized carbons (Fsp3) is 0.422. The van der Waals surface area contributed by atoms with Gasteiger partial charge in [0.1, 0.15) is 23.0 Å². The monoisotopic (exact) mass is 918 g/mol. The molecular formula is C45H52Cl2N8O7S. The number of anilines is 3. The van der Waals surface area contributed by atoms with E-state index in [0.717, 1.165) is 69.2 Å². The van der Waals surface area contributed by atoms with Crippen LogP contribution in [0.5, 0.6) is 11.5 Å². The highest BCUT2D eigenvalue weighted by atomic mass is 35.5. The Bertz CT molecular complexity index is 2390. The molecule has 2 unspecified atom stereocenters. The molecule has 0 bridgehead atoms. The first-order valence-electron chi connectivity index (χ1n) is 21.1. The first-order valence-corrected chi connectivity index (χ1v) is 23.0. The molecule has 1 aliphatic carbocycles. The molecule has 0 spiro atoms. The molecule has 334 valence electrons. The molecule has 63 heavy (non-hydrogen) atoms. The standard InChI is InChI=1S/C45H52Cl2N8O7S/c1-45(2)12-11-30(38(22-45)29-3-5-31(46)6-4-29)25-52-13-15-53(16-14-52)32-7-9-37(42(19-32)62-34-20-39(47)43(48)50-23-34)44(56)51-63(59)36-8-10-40(41(21-36)55(57)58)49-24-35-26-54(17-18-61-35)33-27-60-28-33/h3-10,19-21,23,33,35,49H,11-18,22,24-28H2,1-2H3,(H2,48,50)(H,51,56). The highest BCUT2D eigenvalue weighted by Crippen LogP contribution is 2.43. The number of nitro groups is 1. The van der Waals surface area contributed by atoms with E-state index in [2.05, 4.69) is 55.7 Å². The van der Waals surface area contributed by atoms with Gasteiger partial charge in [-0.05, 0) is 72.2 Å². The van der Waals surface area contributed by atoms with Crippen LogP contribution in [0.3, 0.4) is 0 Å². The van der Waals surface area contributed by atoms with Crippen molar-refractivity contribution in [3.05, 3.63) is 110 Å². The molecule has 3 saturated heterocycles. The molecule has 4 heterocycles. The maximum absolute atomic E-state index is 13.9. The van der Waals surface area contributed by atoms with Gasteiger partial charge in [-0.15, -0.1) is 0 Å². The third-order valence-electron chi connectivity index (χ3n) is 12.2. The molecule has 8 rings (SSSR count). The number of morpholine rings is 1. The van der Waals surface area contributed by atoms with Crippen LogP contribution >= 0.6 is 23.2 Å². The molecule has 18 heteroatoms. The summed E-state index contributed by atoms with van der Waals surface area (Å²) in [5.41, 5.74) is 11.1. The Kier molecular flexibility index (Phi) is 13.9. The van der Waals surface area contributed by atoms with Crippen molar-refractivity contribution in [2.75, 3.05) is 88.1 Å². The van der Waals surface area contributed by atoms with E-state index >= 15 is 0 Å². The Morgan fingerprint density at radius 1 is 1.05 bits per heavy atom. The van der Waals surface area contributed by atoms with Gasteiger partial charge in [0.2, 0.25) is 0 Å². The quantitative estimate of drug-likeness (QED) is 0.0842. The number of nitrogen functional groups attached to an aromatic ring is 1. The van der Waals surface area contributed by atoms with Crippen molar-refractivity contribution in [3.8, 4) is 11.5 Å². The van der Waals surface area contributed by atoms with E-state index in [4.69, 9.17) is 43.1 Å². The van der Waals surface area contributed by atoms with Gasteiger partial charge < -0.3 is 30.2 Å². The average molecular weight is 920 g/mol. The summed E-state index contributed by atoms with van der Waals surface area (Å²) in [6.45, 7) is 12.5. The van der Waals surface area contributed by atoms with Gasteiger partial charge in [-0.1, -0.05) is 54.8 Å². The number of carbonyl (C=O) groups is 1. The normalized spacial score (nSPS) is 20.2. The number of pyridine rings is 1. The van der Waals surface area contributed by atoms with Gasteiger partial charge >= 0.3 is 0 Å². The number of nitrogens with one attached hydrogen (secondary N) is 2. The number of rotatable bonds is 14. The maximum atomic E-state index is 13.9. The molecule has 4 aliphatic rings. The third kappa shape index (κ3) is 10.9.